The lowest BCUT2D eigenvalue weighted by atomic mass is 10.00. The van der Waals surface area contributed by atoms with Crippen LogP contribution in [0.4, 0.5) is 10.5 Å². The fourth-order valence-electron chi connectivity index (χ4n) is 4.84. The zero-order valence-electron chi connectivity index (χ0n) is 24.9. The zero-order valence-corrected chi connectivity index (χ0v) is 24.9. The molecule has 5 N–H and O–H groups in total. The number of nitrogens with zero attached hydrogens (tertiary/aromatic N) is 1. The molecule has 0 saturated heterocycles. The van der Waals surface area contributed by atoms with Crippen LogP contribution < -0.4 is 10.6 Å². The highest BCUT2D eigenvalue weighted by atomic mass is 16.6. The number of phenolic OH excluding ortho intramolecular Hbond substituents is 2. The average molecular weight is 600 g/mol. The van der Waals surface area contributed by atoms with Gasteiger partial charge in [0, 0.05) is 18.7 Å². The number of fused-ring (bicyclic) bond motifs is 1. The Balaban J connectivity index is 1.72. The van der Waals surface area contributed by atoms with Crippen molar-refractivity contribution in [1.29, 1.82) is 0 Å². The molecular weight excluding hydrogens is 562 g/mol. The normalized spacial score (nSPS) is 12.6. The van der Waals surface area contributed by atoms with Crippen molar-refractivity contribution < 1.29 is 34.4 Å². The second kappa shape index (κ2) is 13.9. The SMILES string of the molecule is CC(C)(C)OC(=O)NC(Cc1ccc(O)cc1)C(=O)N(CCO)C(C(=O)Nc1ccc2ccccc2c1)c1cccc(O)c1. The van der Waals surface area contributed by atoms with Crippen LogP contribution in [-0.2, 0) is 20.7 Å². The summed E-state index contributed by atoms with van der Waals surface area (Å²) in [6.07, 6.45) is -0.840. The lowest BCUT2D eigenvalue weighted by Crippen LogP contribution is -2.53. The van der Waals surface area contributed by atoms with Crippen molar-refractivity contribution in [3.8, 4) is 11.5 Å². The fraction of sp³-hybridized carbons (Fsp3) is 0.265. The Morgan fingerprint density at radius 1 is 0.841 bits per heavy atom. The van der Waals surface area contributed by atoms with Crippen molar-refractivity contribution in [2.75, 3.05) is 18.5 Å². The van der Waals surface area contributed by atoms with Gasteiger partial charge in [-0.1, -0.05) is 54.6 Å². The number of nitrogens with one attached hydrogen (secondary N) is 2. The van der Waals surface area contributed by atoms with E-state index in [1.807, 2.05) is 36.4 Å². The van der Waals surface area contributed by atoms with Crippen LogP contribution in [0.3, 0.4) is 0 Å². The maximum atomic E-state index is 14.3. The summed E-state index contributed by atoms with van der Waals surface area (Å²) in [5.41, 5.74) is 0.564. The van der Waals surface area contributed by atoms with Crippen molar-refractivity contribution in [3.05, 3.63) is 102 Å². The molecule has 4 aromatic carbocycles. The number of amides is 3. The predicted molar refractivity (Wildman–Crippen MR) is 167 cm³/mol. The first-order valence-electron chi connectivity index (χ1n) is 14.2. The molecule has 0 heterocycles. The summed E-state index contributed by atoms with van der Waals surface area (Å²) >= 11 is 0. The zero-order chi connectivity index (χ0) is 31.9. The first-order valence-corrected chi connectivity index (χ1v) is 14.2. The summed E-state index contributed by atoms with van der Waals surface area (Å²) in [5, 5.41) is 37.4. The monoisotopic (exact) mass is 599 g/mol. The van der Waals surface area contributed by atoms with Gasteiger partial charge in [-0.15, -0.1) is 0 Å². The molecule has 0 aromatic heterocycles. The number of carbonyl (C=O) groups excluding carboxylic acids is 3. The molecule has 0 bridgehead atoms. The fourth-order valence-corrected chi connectivity index (χ4v) is 4.84. The van der Waals surface area contributed by atoms with E-state index >= 15 is 0 Å². The summed E-state index contributed by atoms with van der Waals surface area (Å²) in [6.45, 7) is 4.33. The van der Waals surface area contributed by atoms with Crippen LogP contribution in [0.15, 0.2) is 91.0 Å². The minimum Gasteiger partial charge on any atom is -0.508 e. The van der Waals surface area contributed by atoms with Crippen LogP contribution in [-0.4, -0.2) is 62.9 Å². The van der Waals surface area contributed by atoms with Crippen molar-refractivity contribution in [2.24, 2.45) is 0 Å². The molecule has 10 nitrogen and oxygen atoms in total. The van der Waals surface area contributed by atoms with Gasteiger partial charge in [-0.25, -0.2) is 4.79 Å². The number of alkyl carbamates (subject to hydrolysis) is 1. The van der Waals surface area contributed by atoms with Crippen LogP contribution in [0.1, 0.15) is 37.9 Å². The van der Waals surface area contributed by atoms with Gasteiger partial charge in [0.05, 0.1) is 6.61 Å². The Bertz CT molecular complexity index is 1620. The first-order chi connectivity index (χ1) is 20.9. The summed E-state index contributed by atoms with van der Waals surface area (Å²) in [5.74, 6) is -1.34. The van der Waals surface area contributed by atoms with Crippen molar-refractivity contribution in [1.82, 2.24) is 10.2 Å². The number of aliphatic hydroxyl groups excluding tert-OH is 1. The third kappa shape index (κ3) is 8.48. The van der Waals surface area contributed by atoms with Gasteiger partial charge in [0.2, 0.25) is 5.91 Å². The molecule has 0 aliphatic rings. The number of ether oxygens (including phenoxy) is 1. The first kappa shape index (κ1) is 31.8. The molecule has 2 atom stereocenters. The highest BCUT2D eigenvalue weighted by Crippen LogP contribution is 2.28. The predicted octanol–water partition coefficient (Wildman–Crippen LogP) is 4.89. The lowest BCUT2D eigenvalue weighted by Gasteiger charge is -2.34. The molecule has 230 valence electrons. The van der Waals surface area contributed by atoms with E-state index in [-0.39, 0.29) is 24.5 Å². The van der Waals surface area contributed by atoms with E-state index in [0.717, 1.165) is 10.8 Å². The Kier molecular flexibility index (Phi) is 10.1. The summed E-state index contributed by atoms with van der Waals surface area (Å²) in [4.78, 5) is 42.3. The molecular formula is C34H37N3O7. The molecule has 4 aromatic rings. The molecule has 0 saturated carbocycles. The number of hydrogen-bond acceptors (Lipinski definition) is 7. The van der Waals surface area contributed by atoms with Crippen LogP contribution >= 0.6 is 0 Å². The Labute approximate surface area is 255 Å². The number of aromatic hydroxyl groups is 2. The maximum absolute atomic E-state index is 14.3. The molecule has 3 amide bonds. The van der Waals surface area contributed by atoms with Gasteiger partial charge in [0.25, 0.3) is 5.91 Å². The number of rotatable bonds is 10. The Morgan fingerprint density at radius 3 is 2.20 bits per heavy atom. The van der Waals surface area contributed by atoms with Gasteiger partial charge in [0.1, 0.15) is 29.2 Å². The molecule has 0 aliphatic heterocycles. The molecule has 0 fully saturated rings. The van der Waals surface area contributed by atoms with Gasteiger partial charge in [0.15, 0.2) is 0 Å². The van der Waals surface area contributed by atoms with Crippen molar-refractivity contribution >= 4 is 34.4 Å². The summed E-state index contributed by atoms with van der Waals surface area (Å²) in [6, 6.07) is 22.7. The highest BCUT2D eigenvalue weighted by Gasteiger charge is 2.36. The van der Waals surface area contributed by atoms with Crippen LogP contribution in [0, 0.1) is 0 Å². The third-order valence-corrected chi connectivity index (χ3v) is 6.75. The van der Waals surface area contributed by atoms with E-state index in [9.17, 15) is 29.7 Å². The van der Waals surface area contributed by atoms with Crippen molar-refractivity contribution in [2.45, 2.75) is 44.9 Å². The number of carbonyl (C=O) groups is 3. The number of phenols is 2. The smallest absolute Gasteiger partial charge is 0.408 e. The van der Waals surface area contributed by atoms with E-state index in [1.165, 1.54) is 29.2 Å². The second-order valence-corrected chi connectivity index (χ2v) is 11.4. The second-order valence-electron chi connectivity index (χ2n) is 11.4. The standard InChI is InChI=1S/C34H37N3O7/c1-34(2,3)44-33(43)36-29(19-22-11-15-27(39)16-12-22)32(42)37(17-18-38)30(25-9-6-10-28(40)21-25)31(41)35-26-14-13-23-7-4-5-8-24(23)20-26/h4-16,20-21,29-30,38-40H,17-19H2,1-3H3,(H,35,41)(H,36,43). The van der Waals surface area contributed by atoms with Gasteiger partial charge in [-0.2, -0.15) is 0 Å². The van der Waals surface area contributed by atoms with E-state index in [0.29, 0.717) is 16.8 Å². The minimum atomic E-state index is -1.30. The molecule has 2 unspecified atom stereocenters. The Morgan fingerprint density at radius 2 is 1.55 bits per heavy atom. The molecule has 0 radical (unpaired) electrons. The largest absolute Gasteiger partial charge is 0.508 e. The van der Waals surface area contributed by atoms with Crippen LogP contribution in [0.25, 0.3) is 10.8 Å². The van der Waals surface area contributed by atoms with Crippen LogP contribution in [0.5, 0.6) is 11.5 Å². The van der Waals surface area contributed by atoms with Crippen molar-refractivity contribution in [3.63, 3.8) is 0 Å². The van der Waals surface area contributed by atoms with E-state index in [1.54, 1.807) is 51.1 Å². The summed E-state index contributed by atoms with van der Waals surface area (Å²) in [7, 11) is 0. The molecule has 44 heavy (non-hydrogen) atoms. The Hall–Kier alpha value is -5.09. The van der Waals surface area contributed by atoms with E-state index in [2.05, 4.69) is 10.6 Å². The number of benzene rings is 4. The lowest BCUT2D eigenvalue weighted by molar-refractivity contribution is -0.141. The van der Waals surface area contributed by atoms with Gasteiger partial charge < -0.3 is 35.6 Å². The highest BCUT2D eigenvalue weighted by molar-refractivity contribution is 6.00. The van der Waals surface area contributed by atoms with Gasteiger partial charge in [-0.05, 0) is 79.1 Å². The summed E-state index contributed by atoms with van der Waals surface area (Å²) < 4.78 is 5.41. The number of aliphatic hydroxyl groups is 1. The molecule has 0 aliphatic carbocycles. The quantitative estimate of drug-likeness (QED) is 0.174. The topological polar surface area (TPSA) is 148 Å². The van der Waals surface area contributed by atoms with E-state index in [4.69, 9.17) is 4.74 Å². The van der Waals surface area contributed by atoms with Gasteiger partial charge in [-0.3, -0.25) is 9.59 Å². The van der Waals surface area contributed by atoms with Crippen LogP contribution in [0.2, 0.25) is 0 Å². The number of anilines is 1. The molecule has 10 heteroatoms. The third-order valence-electron chi connectivity index (χ3n) is 6.75. The van der Waals surface area contributed by atoms with E-state index < -0.39 is 42.2 Å². The minimum absolute atomic E-state index is 0.000657. The molecule has 0 spiro atoms. The van der Waals surface area contributed by atoms with Gasteiger partial charge >= 0.3 is 6.09 Å². The number of hydrogen-bond donors (Lipinski definition) is 5. The molecule has 4 rings (SSSR count). The maximum Gasteiger partial charge on any atom is 0.408 e. The average Bonchev–Trinajstić information content (AvgIpc) is 2.96.